The molecule has 8 nitrogen and oxygen atoms in total. The number of aryl methyl sites for hydroxylation is 1. The van der Waals surface area contributed by atoms with E-state index in [4.69, 9.17) is 4.42 Å². The van der Waals surface area contributed by atoms with Crippen LogP contribution in [0.1, 0.15) is 30.1 Å². The molecule has 0 radical (unpaired) electrons. The zero-order valence-corrected chi connectivity index (χ0v) is 18.5. The molecule has 31 heavy (non-hydrogen) atoms. The van der Waals surface area contributed by atoms with Crippen LogP contribution in [0.25, 0.3) is 16.6 Å². The molecule has 10 heteroatoms. The molecule has 1 amide bonds. The van der Waals surface area contributed by atoms with Crippen LogP contribution in [-0.4, -0.2) is 42.1 Å². The van der Waals surface area contributed by atoms with E-state index in [0.29, 0.717) is 35.6 Å². The van der Waals surface area contributed by atoms with Crippen LogP contribution in [0.5, 0.6) is 0 Å². The number of thioether (sulfide) groups is 1. The summed E-state index contributed by atoms with van der Waals surface area (Å²) >= 11 is 3.13. The van der Waals surface area contributed by atoms with E-state index in [9.17, 15) is 4.79 Å². The van der Waals surface area contributed by atoms with Gasteiger partial charge >= 0.3 is 0 Å². The molecule has 0 aliphatic carbocycles. The van der Waals surface area contributed by atoms with Crippen LogP contribution in [0.2, 0.25) is 0 Å². The number of thiophene rings is 1. The standard InChI is InChI=1S/C21H20N6O2S2/c1-14-15(23-20(29-14)16-6-5-11-30-16)13-31-21-25-24-18(12-26-10-4-8-19(26)28)27(21)17-7-2-3-9-22-17/h2-3,5-7,9,11H,4,8,10,12-13H2,1H3. The van der Waals surface area contributed by atoms with Crippen molar-refractivity contribution in [3.8, 4) is 16.6 Å². The van der Waals surface area contributed by atoms with Gasteiger partial charge in [0.25, 0.3) is 0 Å². The first kappa shape index (κ1) is 20.0. The summed E-state index contributed by atoms with van der Waals surface area (Å²) in [6.07, 6.45) is 3.22. The smallest absolute Gasteiger partial charge is 0.236 e. The first-order chi connectivity index (χ1) is 15.2. The Bertz CT molecular complexity index is 1190. The van der Waals surface area contributed by atoms with Crippen molar-refractivity contribution in [2.45, 2.75) is 37.2 Å². The molecule has 1 saturated heterocycles. The van der Waals surface area contributed by atoms with Gasteiger partial charge in [-0.05, 0) is 36.9 Å². The van der Waals surface area contributed by atoms with Gasteiger partial charge in [-0.3, -0.25) is 9.36 Å². The van der Waals surface area contributed by atoms with Crippen LogP contribution in [-0.2, 0) is 17.1 Å². The molecule has 1 aliphatic heterocycles. The van der Waals surface area contributed by atoms with Gasteiger partial charge in [0.05, 0.1) is 17.1 Å². The third-order valence-corrected chi connectivity index (χ3v) is 6.84. The van der Waals surface area contributed by atoms with Gasteiger partial charge in [0, 0.05) is 24.9 Å². The van der Waals surface area contributed by atoms with Gasteiger partial charge in [-0.25, -0.2) is 9.97 Å². The van der Waals surface area contributed by atoms with E-state index >= 15 is 0 Å². The quantitative estimate of drug-likeness (QED) is 0.390. The van der Waals surface area contributed by atoms with Crippen LogP contribution < -0.4 is 0 Å². The summed E-state index contributed by atoms with van der Waals surface area (Å²) < 4.78 is 7.78. The van der Waals surface area contributed by atoms with E-state index in [-0.39, 0.29) is 5.91 Å². The lowest BCUT2D eigenvalue weighted by Gasteiger charge is -2.16. The first-order valence-corrected chi connectivity index (χ1v) is 11.8. The van der Waals surface area contributed by atoms with Gasteiger partial charge in [0.15, 0.2) is 11.0 Å². The second-order valence-electron chi connectivity index (χ2n) is 7.13. The molecule has 4 aromatic rings. The Morgan fingerprint density at radius 3 is 2.90 bits per heavy atom. The maximum Gasteiger partial charge on any atom is 0.236 e. The zero-order chi connectivity index (χ0) is 21.2. The summed E-state index contributed by atoms with van der Waals surface area (Å²) in [5, 5.41) is 11.5. The molecule has 0 aromatic carbocycles. The highest BCUT2D eigenvalue weighted by Crippen LogP contribution is 2.30. The number of hydrogen-bond donors (Lipinski definition) is 0. The van der Waals surface area contributed by atoms with Gasteiger partial charge < -0.3 is 9.32 Å². The molecule has 0 bridgehead atoms. The Labute approximate surface area is 187 Å². The Kier molecular flexibility index (Phi) is 5.56. The van der Waals surface area contributed by atoms with Crippen LogP contribution in [0.15, 0.2) is 51.5 Å². The van der Waals surface area contributed by atoms with Crippen molar-refractivity contribution in [2.75, 3.05) is 6.54 Å². The van der Waals surface area contributed by atoms with E-state index in [2.05, 4.69) is 20.2 Å². The average Bonchev–Trinajstić information content (AvgIpc) is 3.57. The molecular formula is C21H20N6O2S2. The number of likely N-dealkylation sites (tertiary alicyclic amines) is 1. The third kappa shape index (κ3) is 4.13. The van der Waals surface area contributed by atoms with Crippen molar-refractivity contribution in [2.24, 2.45) is 0 Å². The fourth-order valence-electron chi connectivity index (χ4n) is 3.45. The highest BCUT2D eigenvalue weighted by Gasteiger charge is 2.24. The second kappa shape index (κ2) is 8.64. The molecule has 5 heterocycles. The van der Waals surface area contributed by atoms with Crippen LogP contribution >= 0.6 is 23.1 Å². The molecule has 5 rings (SSSR count). The molecule has 0 unspecified atom stereocenters. The lowest BCUT2D eigenvalue weighted by molar-refractivity contribution is -0.128. The highest BCUT2D eigenvalue weighted by atomic mass is 32.2. The van der Waals surface area contributed by atoms with Gasteiger partial charge in [0.2, 0.25) is 11.8 Å². The topological polar surface area (TPSA) is 89.9 Å². The van der Waals surface area contributed by atoms with E-state index < -0.39 is 0 Å². The molecule has 0 saturated carbocycles. The molecule has 0 spiro atoms. The van der Waals surface area contributed by atoms with Crippen molar-refractivity contribution >= 4 is 29.0 Å². The Morgan fingerprint density at radius 1 is 1.23 bits per heavy atom. The van der Waals surface area contributed by atoms with E-state index in [0.717, 1.165) is 35.1 Å². The van der Waals surface area contributed by atoms with Crippen molar-refractivity contribution in [3.63, 3.8) is 0 Å². The number of aromatic nitrogens is 5. The SMILES string of the molecule is Cc1oc(-c2cccs2)nc1CSc1nnc(CN2CCCC2=O)n1-c1ccccn1. The number of oxazole rings is 1. The van der Waals surface area contributed by atoms with Crippen molar-refractivity contribution < 1.29 is 9.21 Å². The lowest BCUT2D eigenvalue weighted by atomic mass is 10.4. The summed E-state index contributed by atoms with van der Waals surface area (Å²) in [6.45, 7) is 3.10. The summed E-state index contributed by atoms with van der Waals surface area (Å²) in [4.78, 5) is 24.1. The molecule has 0 N–H and O–H groups in total. The normalized spacial score (nSPS) is 14.0. The molecular weight excluding hydrogens is 432 g/mol. The fraction of sp³-hybridized carbons (Fsp3) is 0.286. The van der Waals surface area contributed by atoms with Gasteiger partial charge in [-0.1, -0.05) is 23.9 Å². The predicted octanol–water partition coefficient (Wildman–Crippen LogP) is 4.10. The number of hydrogen-bond acceptors (Lipinski definition) is 8. The molecule has 158 valence electrons. The highest BCUT2D eigenvalue weighted by molar-refractivity contribution is 7.98. The van der Waals surface area contributed by atoms with E-state index in [1.54, 1.807) is 17.5 Å². The average molecular weight is 453 g/mol. The van der Waals surface area contributed by atoms with Crippen LogP contribution in [0.4, 0.5) is 0 Å². The Balaban J connectivity index is 1.41. The fourth-order valence-corrected chi connectivity index (χ4v) is 5.06. The molecule has 1 fully saturated rings. The van der Waals surface area contributed by atoms with Crippen molar-refractivity contribution in [3.05, 3.63) is 59.2 Å². The largest absolute Gasteiger partial charge is 0.440 e. The number of amides is 1. The van der Waals surface area contributed by atoms with Crippen LogP contribution in [0, 0.1) is 6.92 Å². The van der Waals surface area contributed by atoms with Gasteiger partial charge in [0.1, 0.15) is 11.6 Å². The number of nitrogens with zero attached hydrogens (tertiary/aromatic N) is 6. The second-order valence-corrected chi connectivity index (χ2v) is 9.02. The maximum atomic E-state index is 12.1. The number of carbonyl (C=O) groups excluding carboxylic acids is 1. The minimum atomic E-state index is 0.157. The summed E-state index contributed by atoms with van der Waals surface area (Å²) in [5.41, 5.74) is 0.875. The Morgan fingerprint density at radius 2 is 2.16 bits per heavy atom. The predicted molar refractivity (Wildman–Crippen MR) is 118 cm³/mol. The third-order valence-electron chi connectivity index (χ3n) is 5.05. The van der Waals surface area contributed by atoms with Crippen molar-refractivity contribution in [1.29, 1.82) is 0 Å². The van der Waals surface area contributed by atoms with Gasteiger partial charge in [-0.2, -0.15) is 0 Å². The molecule has 0 atom stereocenters. The monoisotopic (exact) mass is 452 g/mol. The minimum absolute atomic E-state index is 0.157. The summed E-state index contributed by atoms with van der Waals surface area (Å²) in [5.74, 6) is 3.61. The van der Waals surface area contributed by atoms with Crippen molar-refractivity contribution in [1.82, 2.24) is 29.6 Å². The van der Waals surface area contributed by atoms with E-state index in [1.165, 1.54) is 11.8 Å². The summed E-state index contributed by atoms with van der Waals surface area (Å²) in [7, 11) is 0. The number of carbonyl (C=O) groups is 1. The van der Waals surface area contributed by atoms with Crippen LogP contribution in [0.3, 0.4) is 0 Å². The Hall–Kier alpha value is -2.98. The summed E-state index contributed by atoms with van der Waals surface area (Å²) in [6, 6.07) is 9.69. The lowest BCUT2D eigenvalue weighted by Crippen LogP contribution is -2.25. The zero-order valence-electron chi connectivity index (χ0n) is 16.9. The number of pyridine rings is 1. The molecule has 4 aromatic heterocycles. The number of rotatable bonds is 7. The molecule has 1 aliphatic rings. The minimum Gasteiger partial charge on any atom is -0.440 e. The first-order valence-electron chi connectivity index (χ1n) is 9.95. The van der Waals surface area contributed by atoms with E-state index in [1.807, 2.05) is 52.1 Å². The maximum absolute atomic E-state index is 12.1. The van der Waals surface area contributed by atoms with Gasteiger partial charge in [-0.15, -0.1) is 21.5 Å².